The Morgan fingerprint density at radius 3 is 2.86 bits per heavy atom. The van der Waals surface area contributed by atoms with Crippen LogP contribution in [0.5, 0.6) is 5.75 Å². The van der Waals surface area contributed by atoms with Crippen LogP contribution in [0.1, 0.15) is 46.9 Å². The highest BCUT2D eigenvalue weighted by molar-refractivity contribution is 7.11. The van der Waals surface area contributed by atoms with Gasteiger partial charge >= 0.3 is 0 Å². The van der Waals surface area contributed by atoms with Crippen LogP contribution in [0.2, 0.25) is 0 Å². The van der Waals surface area contributed by atoms with Crippen molar-refractivity contribution in [2.45, 2.75) is 38.6 Å². The molecule has 1 aromatic heterocycles. The smallest absolute Gasteiger partial charge is 0.118 e. The average molecular weight is 302 g/mol. The Bertz CT molecular complexity index is 591. The fourth-order valence-corrected chi connectivity index (χ4v) is 4.11. The molecule has 1 aromatic carbocycles. The molecule has 1 N–H and O–H groups in total. The normalized spacial score (nSPS) is 17.5. The standard InChI is InChI=1S/C17H22N2OS/c1-3-18-14-5-4-6-15-17(14)19-16(21-15)11-12-7-9-13(20-2)10-8-12/h7-10,14,18H,3-6,11H2,1-2H3. The first kappa shape index (κ1) is 14.5. The summed E-state index contributed by atoms with van der Waals surface area (Å²) >= 11 is 1.89. The van der Waals surface area contributed by atoms with Gasteiger partial charge in [0.2, 0.25) is 0 Å². The second-order valence-electron chi connectivity index (χ2n) is 5.44. The van der Waals surface area contributed by atoms with Crippen LogP contribution in [0, 0.1) is 0 Å². The van der Waals surface area contributed by atoms with Crippen LogP contribution in [0.3, 0.4) is 0 Å². The van der Waals surface area contributed by atoms with E-state index in [-0.39, 0.29) is 0 Å². The van der Waals surface area contributed by atoms with Crippen molar-refractivity contribution in [3.8, 4) is 5.75 Å². The number of aryl methyl sites for hydroxylation is 1. The quantitative estimate of drug-likeness (QED) is 0.914. The van der Waals surface area contributed by atoms with Crippen molar-refractivity contribution in [1.82, 2.24) is 10.3 Å². The maximum absolute atomic E-state index is 5.21. The Labute approximate surface area is 130 Å². The van der Waals surface area contributed by atoms with Gasteiger partial charge in [0.15, 0.2) is 0 Å². The first-order valence-corrected chi connectivity index (χ1v) is 8.46. The number of hydrogen-bond acceptors (Lipinski definition) is 4. The first-order chi connectivity index (χ1) is 10.3. The van der Waals surface area contributed by atoms with Gasteiger partial charge in [-0.15, -0.1) is 11.3 Å². The number of fused-ring (bicyclic) bond motifs is 1. The lowest BCUT2D eigenvalue weighted by Gasteiger charge is -2.21. The zero-order valence-electron chi connectivity index (χ0n) is 12.7. The molecule has 3 rings (SSSR count). The van der Waals surface area contributed by atoms with E-state index in [1.807, 2.05) is 23.5 Å². The highest BCUT2D eigenvalue weighted by Crippen LogP contribution is 2.34. The van der Waals surface area contributed by atoms with Crippen LogP contribution in [0.4, 0.5) is 0 Å². The minimum atomic E-state index is 0.458. The summed E-state index contributed by atoms with van der Waals surface area (Å²) in [6.45, 7) is 3.17. The minimum absolute atomic E-state index is 0.458. The summed E-state index contributed by atoms with van der Waals surface area (Å²) < 4.78 is 5.21. The third-order valence-corrected chi connectivity index (χ3v) is 5.09. The summed E-state index contributed by atoms with van der Waals surface area (Å²) in [4.78, 5) is 6.40. The topological polar surface area (TPSA) is 34.1 Å². The van der Waals surface area contributed by atoms with Crippen LogP contribution >= 0.6 is 11.3 Å². The van der Waals surface area contributed by atoms with E-state index < -0.39 is 0 Å². The third kappa shape index (κ3) is 3.27. The molecule has 0 fully saturated rings. The van der Waals surface area contributed by atoms with E-state index in [9.17, 15) is 0 Å². The fraction of sp³-hybridized carbons (Fsp3) is 0.471. The maximum Gasteiger partial charge on any atom is 0.118 e. The highest BCUT2D eigenvalue weighted by Gasteiger charge is 2.23. The van der Waals surface area contributed by atoms with Crippen molar-refractivity contribution < 1.29 is 4.74 Å². The van der Waals surface area contributed by atoms with Crippen LogP contribution in [-0.4, -0.2) is 18.6 Å². The lowest BCUT2D eigenvalue weighted by molar-refractivity contribution is 0.414. The second kappa shape index (κ2) is 6.58. The van der Waals surface area contributed by atoms with E-state index >= 15 is 0 Å². The van der Waals surface area contributed by atoms with Crippen LogP contribution in [0.15, 0.2) is 24.3 Å². The molecule has 1 aliphatic carbocycles. The molecule has 1 aliphatic rings. The van der Waals surface area contributed by atoms with Crippen molar-refractivity contribution in [2.75, 3.05) is 13.7 Å². The van der Waals surface area contributed by atoms with Gasteiger partial charge in [0.1, 0.15) is 5.75 Å². The molecule has 0 bridgehead atoms. The summed E-state index contributed by atoms with van der Waals surface area (Å²) in [6, 6.07) is 8.75. The second-order valence-corrected chi connectivity index (χ2v) is 6.61. The molecule has 2 aromatic rings. The molecule has 1 heterocycles. The lowest BCUT2D eigenvalue weighted by Crippen LogP contribution is -2.24. The molecule has 0 spiro atoms. The van der Waals surface area contributed by atoms with E-state index in [1.165, 1.54) is 40.4 Å². The number of ether oxygens (including phenoxy) is 1. The number of rotatable bonds is 5. The van der Waals surface area contributed by atoms with Crippen molar-refractivity contribution >= 4 is 11.3 Å². The van der Waals surface area contributed by atoms with E-state index in [1.54, 1.807) is 7.11 Å². The molecule has 112 valence electrons. The number of benzene rings is 1. The highest BCUT2D eigenvalue weighted by atomic mass is 32.1. The summed E-state index contributed by atoms with van der Waals surface area (Å²) in [5.74, 6) is 0.907. The molecule has 0 radical (unpaired) electrons. The van der Waals surface area contributed by atoms with Gasteiger partial charge in [0.05, 0.1) is 23.9 Å². The van der Waals surface area contributed by atoms with Crippen LogP contribution in [-0.2, 0) is 12.8 Å². The van der Waals surface area contributed by atoms with Gasteiger partial charge in [-0.2, -0.15) is 0 Å². The Hall–Kier alpha value is -1.39. The predicted molar refractivity (Wildman–Crippen MR) is 87.3 cm³/mol. The van der Waals surface area contributed by atoms with Crippen molar-refractivity contribution in [1.29, 1.82) is 0 Å². The minimum Gasteiger partial charge on any atom is -0.497 e. The Morgan fingerprint density at radius 1 is 1.33 bits per heavy atom. The Morgan fingerprint density at radius 2 is 2.14 bits per heavy atom. The monoisotopic (exact) mass is 302 g/mol. The van der Waals surface area contributed by atoms with Gasteiger partial charge < -0.3 is 10.1 Å². The van der Waals surface area contributed by atoms with E-state index in [2.05, 4.69) is 24.4 Å². The van der Waals surface area contributed by atoms with Crippen LogP contribution in [0.25, 0.3) is 0 Å². The molecule has 1 unspecified atom stereocenters. The molecule has 21 heavy (non-hydrogen) atoms. The van der Waals surface area contributed by atoms with Gasteiger partial charge in [0, 0.05) is 11.3 Å². The lowest BCUT2D eigenvalue weighted by atomic mass is 9.98. The fourth-order valence-electron chi connectivity index (χ4n) is 2.91. The van der Waals surface area contributed by atoms with Crippen molar-refractivity contribution in [2.24, 2.45) is 0 Å². The summed E-state index contributed by atoms with van der Waals surface area (Å²) in [6.07, 6.45) is 4.60. The number of nitrogens with one attached hydrogen (secondary N) is 1. The first-order valence-electron chi connectivity index (χ1n) is 7.65. The summed E-state index contributed by atoms with van der Waals surface area (Å²) in [7, 11) is 1.70. The summed E-state index contributed by atoms with van der Waals surface area (Å²) in [5, 5.41) is 4.79. The SMILES string of the molecule is CCNC1CCCc2sc(Cc3ccc(OC)cc3)nc21. The molecule has 3 nitrogen and oxygen atoms in total. The van der Waals surface area contributed by atoms with Gasteiger partial charge in [-0.3, -0.25) is 0 Å². The molecule has 1 atom stereocenters. The maximum atomic E-state index is 5.21. The number of methoxy groups -OCH3 is 1. The van der Waals surface area contributed by atoms with Crippen molar-refractivity contribution in [3.05, 3.63) is 45.4 Å². The number of thiazole rings is 1. The molecule has 4 heteroatoms. The van der Waals surface area contributed by atoms with Gasteiger partial charge in [-0.1, -0.05) is 19.1 Å². The van der Waals surface area contributed by atoms with Gasteiger partial charge in [-0.05, 0) is 43.5 Å². The molecule has 0 amide bonds. The molecule has 0 aliphatic heterocycles. The van der Waals surface area contributed by atoms with E-state index in [0.717, 1.165) is 18.7 Å². The Balaban J connectivity index is 1.77. The molecular formula is C17H22N2OS. The predicted octanol–water partition coefficient (Wildman–Crippen LogP) is 3.73. The van der Waals surface area contributed by atoms with Crippen LogP contribution < -0.4 is 10.1 Å². The number of hydrogen-bond donors (Lipinski definition) is 1. The summed E-state index contributed by atoms with van der Waals surface area (Å²) in [5.41, 5.74) is 2.60. The number of aromatic nitrogens is 1. The third-order valence-electron chi connectivity index (χ3n) is 3.96. The Kier molecular flexibility index (Phi) is 4.56. The molecular weight excluding hydrogens is 280 g/mol. The van der Waals surface area contributed by atoms with Crippen molar-refractivity contribution in [3.63, 3.8) is 0 Å². The largest absolute Gasteiger partial charge is 0.497 e. The molecule has 0 saturated carbocycles. The molecule has 0 saturated heterocycles. The van der Waals surface area contributed by atoms with E-state index in [4.69, 9.17) is 9.72 Å². The van der Waals surface area contributed by atoms with E-state index in [0.29, 0.717) is 6.04 Å². The van der Waals surface area contributed by atoms with Gasteiger partial charge in [0.25, 0.3) is 0 Å². The number of nitrogens with zero attached hydrogens (tertiary/aromatic N) is 1. The average Bonchev–Trinajstić information content (AvgIpc) is 2.92. The zero-order valence-corrected chi connectivity index (χ0v) is 13.5. The zero-order chi connectivity index (χ0) is 14.7. The van der Waals surface area contributed by atoms with Gasteiger partial charge in [-0.25, -0.2) is 4.98 Å².